The molecular formula is C35H72N2O4+2. The molecule has 0 N–H and O–H groups in total. The molecule has 6 nitrogen and oxygen atoms in total. The molecule has 0 unspecified atom stereocenters. The first-order valence-corrected chi connectivity index (χ1v) is 17.6. The molecule has 6 heteroatoms. The fourth-order valence-electron chi connectivity index (χ4n) is 5.24. The highest BCUT2D eigenvalue weighted by Crippen LogP contribution is 2.12. The summed E-state index contributed by atoms with van der Waals surface area (Å²) in [5, 5.41) is 0. The first kappa shape index (κ1) is 39.9. The summed E-state index contributed by atoms with van der Waals surface area (Å²) in [6.07, 6.45) is 24.6. The quantitative estimate of drug-likeness (QED) is 0.0483. The summed E-state index contributed by atoms with van der Waals surface area (Å²) in [5.41, 5.74) is 0. The molecule has 0 radical (unpaired) electrons. The maximum absolute atomic E-state index is 12.1. The average Bonchev–Trinajstić information content (AvgIpc) is 2.91. The van der Waals surface area contributed by atoms with Crippen LogP contribution in [-0.4, -0.2) is 88.5 Å². The van der Waals surface area contributed by atoms with E-state index in [2.05, 4.69) is 42.0 Å². The van der Waals surface area contributed by atoms with Crippen molar-refractivity contribution in [2.45, 2.75) is 149 Å². The van der Waals surface area contributed by atoms with Crippen LogP contribution in [0.5, 0.6) is 0 Å². The van der Waals surface area contributed by atoms with Gasteiger partial charge < -0.3 is 18.4 Å². The van der Waals surface area contributed by atoms with Crippen LogP contribution in [0, 0.1) is 0 Å². The van der Waals surface area contributed by atoms with Gasteiger partial charge in [0.2, 0.25) is 0 Å². The second-order valence-electron chi connectivity index (χ2n) is 13.7. The normalized spacial score (nSPS) is 12.0. The van der Waals surface area contributed by atoms with Crippen molar-refractivity contribution in [2.75, 3.05) is 67.6 Å². The Balaban J connectivity index is 3.68. The minimum absolute atomic E-state index is 0.115. The average molecular weight is 585 g/mol. The molecule has 0 saturated carbocycles. The molecule has 0 aliphatic rings. The van der Waals surface area contributed by atoms with Crippen molar-refractivity contribution in [3.8, 4) is 0 Å². The molecule has 0 aliphatic carbocycles. The summed E-state index contributed by atoms with van der Waals surface area (Å²) in [6, 6.07) is 0. The van der Waals surface area contributed by atoms with Crippen molar-refractivity contribution < 1.29 is 28.0 Å². The van der Waals surface area contributed by atoms with Gasteiger partial charge in [0.05, 0.1) is 41.3 Å². The van der Waals surface area contributed by atoms with Gasteiger partial charge >= 0.3 is 11.9 Å². The van der Waals surface area contributed by atoms with Crippen LogP contribution >= 0.6 is 0 Å². The smallest absolute Gasteiger partial charge is 0.305 e. The summed E-state index contributed by atoms with van der Waals surface area (Å²) >= 11 is 0. The minimum atomic E-state index is -0.115. The standard InChI is InChI=1S/C35H72N2O4/c1-7-9-11-13-15-17-19-24-28-36(3,4)30-32-40-34(38)26-22-21-23-27-35(39)41-33-31-37(5,6)29-25-20-18-16-14-12-10-8-2/h7-33H2,1-6H3/q+2. The molecule has 0 aliphatic heterocycles. The Bertz CT molecular complexity index is 569. The Kier molecular flexibility index (Phi) is 25.7. The first-order valence-electron chi connectivity index (χ1n) is 17.6. The number of rotatable bonds is 30. The lowest BCUT2D eigenvalue weighted by Gasteiger charge is -2.29. The molecule has 0 amide bonds. The monoisotopic (exact) mass is 585 g/mol. The van der Waals surface area contributed by atoms with Gasteiger partial charge in [-0.3, -0.25) is 9.59 Å². The molecule has 0 spiro atoms. The Hall–Kier alpha value is -1.14. The summed E-state index contributed by atoms with van der Waals surface area (Å²) in [4.78, 5) is 24.2. The maximum Gasteiger partial charge on any atom is 0.305 e. The van der Waals surface area contributed by atoms with Crippen LogP contribution in [-0.2, 0) is 19.1 Å². The Labute approximate surface area is 256 Å². The zero-order valence-electron chi connectivity index (χ0n) is 28.6. The zero-order valence-corrected chi connectivity index (χ0v) is 28.6. The van der Waals surface area contributed by atoms with E-state index in [-0.39, 0.29) is 11.9 Å². The highest BCUT2D eigenvalue weighted by atomic mass is 16.5. The summed E-state index contributed by atoms with van der Waals surface area (Å²) in [5.74, 6) is -0.229. The van der Waals surface area contributed by atoms with Crippen molar-refractivity contribution in [3.05, 3.63) is 0 Å². The molecule has 0 fully saturated rings. The van der Waals surface area contributed by atoms with E-state index in [9.17, 15) is 9.59 Å². The van der Waals surface area contributed by atoms with Crippen molar-refractivity contribution in [1.29, 1.82) is 0 Å². The van der Waals surface area contributed by atoms with Crippen LogP contribution in [0.2, 0.25) is 0 Å². The third kappa shape index (κ3) is 28.7. The highest BCUT2D eigenvalue weighted by molar-refractivity contribution is 5.69. The number of quaternary nitrogens is 2. The predicted octanol–water partition coefficient (Wildman–Crippen LogP) is 8.46. The SMILES string of the molecule is CCCCCCCCCC[N+](C)(C)CCOC(=O)CCCCCC(=O)OCC[N+](C)(C)CCCCCCCCCC. The first-order chi connectivity index (χ1) is 19.6. The molecule has 0 aromatic heterocycles. The fourth-order valence-corrected chi connectivity index (χ4v) is 5.24. The van der Waals surface area contributed by atoms with Crippen LogP contribution in [0.15, 0.2) is 0 Å². The largest absolute Gasteiger partial charge is 0.460 e. The van der Waals surface area contributed by atoms with Gasteiger partial charge in [-0.25, -0.2) is 0 Å². The molecule has 0 aromatic carbocycles. The van der Waals surface area contributed by atoms with E-state index in [0.29, 0.717) is 26.1 Å². The molecule has 0 heterocycles. The van der Waals surface area contributed by atoms with E-state index in [1.165, 1.54) is 103 Å². The summed E-state index contributed by atoms with van der Waals surface area (Å²) < 4.78 is 12.8. The third-order valence-electron chi connectivity index (χ3n) is 8.42. The van der Waals surface area contributed by atoms with Crippen LogP contribution in [0.25, 0.3) is 0 Å². The van der Waals surface area contributed by atoms with E-state index in [1.54, 1.807) is 0 Å². The highest BCUT2D eigenvalue weighted by Gasteiger charge is 2.17. The van der Waals surface area contributed by atoms with Crippen molar-refractivity contribution in [3.63, 3.8) is 0 Å². The van der Waals surface area contributed by atoms with Crippen LogP contribution < -0.4 is 0 Å². The lowest BCUT2D eigenvalue weighted by atomic mass is 10.1. The van der Waals surface area contributed by atoms with E-state index in [4.69, 9.17) is 9.47 Å². The van der Waals surface area contributed by atoms with Crippen molar-refractivity contribution in [1.82, 2.24) is 0 Å². The molecule has 41 heavy (non-hydrogen) atoms. The number of ether oxygens (including phenoxy) is 2. The van der Waals surface area contributed by atoms with E-state index < -0.39 is 0 Å². The van der Waals surface area contributed by atoms with Gasteiger partial charge in [0.1, 0.15) is 26.3 Å². The van der Waals surface area contributed by atoms with Gasteiger partial charge in [-0.15, -0.1) is 0 Å². The summed E-state index contributed by atoms with van der Waals surface area (Å²) in [6.45, 7) is 9.51. The number of carbonyl (C=O) groups is 2. The van der Waals surface area contributed by atoms with E-state index in [0.717, 1.165) is 54.4 Å². The molecular weight excluding hydrogens is 512 g/mol. The van der Waals surface area contributed by atoms with Gasteiger partial charge in [0, 0.05) is 12.8 Å². The van der Waals surface area contributed by atoms with Gasteiger partial charge in [-0.05, 0) is 38.5 Å². The number of hydrogen-bond acceptors (Lipinski definition) is 4. The number of carbonyl (C=O) groups excluding carboxylic acids is 2. The van der Waals surface area contributed by atoms with Gasteiger partial charge in [-0.1, -0.05) is 97.3 Å². The topological polar surface area (TPSA) is 52.6 Å². The van der Waals surface area contributed by atoms with Crippen molar-refractivity contribution in [2.24, 2.45) is 0 Å². The Morgan fingerprint density at radius 3 is 1.05 bits per heavy atom. The Morgan fingerprint density at radius 2 is 0.707 bits per heavy atom. The van der Waals surface area contributed by atoms with Crippen LogP contribution in [0.3, 0.4) is 0 Å². The second-order valence-corrected chi connectivity index (χ2v) is 13.7. The molecule has 0 saturated heterocycles. The fraction of sp³-hybridized carbons (Fsp3) is 0.943. The number of unbranched alkanes of at least 4 members (excludes halogenated alkanes) is 16. The van der Waals surface area contributed by atoms with Crippen LogP contribution in [0.4, 0.5) is 0 Å². The zero-order chi connectivity index (χ0) is 30.7. The number of nitrogens with zero attached hydrogens (tertiary/aromatic N) is 2. The Morgan fingerprint density at radius 1 is 0.415 bits per heavy atom. The predicted molar refractivity (Wildman–Crippen MR) is 174 cm³/mol. The molecule has 0 bridgehead atoms. The number of hydrogen-bond donors (Lipinski definition) is 0. The van der Waals surface area contributed by atoms with Crippen molar-refractivity contribution >= 4 is 11.9 Å². The lowest BCUT2D eigenvalue weighted by Crippen LogP contribution is -2.43. The third-order valence-corrected chi connectivity index (χ3v) is 8.42. The van der Waals surface area contributed by atoms with Gasteiger partial charge in [-0.2, -0.15) is 0 Å². The second kappa shape index (κ2) is 26.5. The maximum atomic E-state index is 12.1. The van der Waals surface area contributed by atoms with Gasteiger partial charge in [0.15, 0.2) is 0 Å². The number of likely N-dealkylation sites (N-methyl/N-ethyl adjacent to an activating group) is 2. The number of esters is 2. The van der Waals surface area contributed by atoms with E-state index >= 15 is 0 Å². The minimum Gasteiger partial charge on any atom is -0.460 e. The van der Waals surface area contributed by atoms with Gasteiger partial charge in [0.25, 0.3) is 0 Å². The summed E-state index contributed by atoms with van der Waals surface area (Å²) in [7, 11) is 8.91. The van der Waals surface area contributed by atoms with E-state index in [1.807, 2.05) is 0 Å². The molecule has 0 atom stereocenters. The van der Waals surface area contributed by atoms with Crippen LogP contribution in [0.1, 0.15) is 149 Å². The molecule has 244 valence electrons. The lowest BCUT2D eigenvalue weighted by molar-refractivity contribution is -0.890. The molecule has 0 rings (SSSR count). The molecule has 0 aromatic rings.